The number of carbonyl (C=O) groups excluding carboxylic acids is 1. The van der Waals surface area contributed by atoms with Crippen molar-refractivity contribution in [1.29, 1.82) is 0 Å². The zero-order valence-electron chi connectivity index (χ0n) is 5.46. The number of hydrogen-bond donors (Lipinski definition) is 1. The predicted octanol–water partition coefficient (Wildman–Crippen LogP) is 0.541. The summed E-state index contributed by atoms with van der Waals surface area (Å²) >= 11 is 0. The highest BCUT2D eigenvalue weighted by molar-refractivity contribution is 5.87. The first-order valence-corrected chi connectivity index (χ1v) is 3.05. The molecule has 0 saturated heterocycles. The Hall–Kier alpha value is -1.00. The summed E-state index contributed by atoms with van der Waals surface area (Å²) in [6.45, 7) is 0. The lowest BCUT2D eigenvalue weighted by atomic mass is 10.1. The molecule has 1 aliphatic carbocycles. The summed E-state index contributed by atoms with van der Waals surface area (Å²) in [4.78, 5) is 20.1. The van der Waals surface area contributed by atoms with E-state index < -0.39 is 30.1 Å². The molecule has 2 unspecified atom stereocenters. The first-order valence-electron chi connectivity index (χ1n) is 3.05. The summed E-state index contributed by atoms with van der Waals surface area (Å²) in [6, 6.07) is 0. The molecule has 0 aromatic heterocycles. The number of carbonyl (C=O) groups is 2. The van der Waals surface area contributed by atoms with Crippen molar-refractivity contribution in [2.75, 3.05) is 0 Å². The third-order valence-corrected chi connectivity index (χ3v) is 1.74. The fourth-order valence-electron chi connectivity index (χ4n) is 0.949. The normalized spacial score (nSPS) is 29.1. The van der Waals surface area contributed by atoms with Crippen molar-refractivity contribution >= 4 is 12.3 Å². The second-order valence-electron chi connectivity index (χ2n) is 2.57. The Balaban J connectivity index is 2.60. The molecule has 3 nitrogen and oxygen atoms in total. The molecule has 11 heavy (non-hydrogen) atoms. The quantitative estimate of drug-likeness (QED) is 0.489. The van der Waals surface area contributed by atoms with Gasteiger partial charge in [-0.05, 0) is 0 Å². The topological polar surface area (TPSA) is 54.4 Å². The lowest BCUT2D eigenvalue weighted by Crippen LogP contribution is -2.20. The van der Waals surface area contributed by atoms with Crippen LogP contribution >= 0.6 is 0 Å². The van der Waals surface area contributed by atoms with Crippen molar-refractivity contribution in [3.8, 4) is 0 Å². The number of alkyl halides is 2. The molecule has 1 rings (SSSR count). The number of halogens is 2. The molecule has 0 amide bonds. The highest BCUT2D eigenvalue weighted by atomic mass is 19.3. The van der Waals surface area contributed by atoms with Crippen LogP contribution < -0.4 is 0 Å². The maximum absolute atomic E-state index is 12.2. The summed E-state index contributed by atoms with van der Waals surface area (Å²) in [5, 5.41) is 8.25. The van der Waals surface area contributed by atoms with E-state index in [1.54, 1.807) is 0 Å². The van der Waals surface area contributed by atoms with E-state index in [1.807, 2.05) is 0 Å². The molecule has 1 saturated carbocycles. The lowest BCUT2D eigenvalue weighted by molar-refractivity contribution is -0.145. The minimum absolute atomic E-state index is 0.0634. The van der Waals surface area contributed by atoms with Crippen LogP contribution in [0.2, 0.25) is 0 Å². The van der Waals surface area contributed by atoms with E-state index in [1.165, 1.54) is 0 Å². The summed E-state index contributed by atoms with van der Waals surface area (Å²) in [5.74, 6) is -7.23. The van der Waals surface area contributed by atoms with Gasteiger partial charge >= 0.3 is 5.97 Å². The first kappa shape index (κ1) is 8.10. The molecule has 0 radical (unpaired) electrons. The molecule has 1 fully saturated rings. The van der Waals surface area contributed by atoms with Crippen molar-refractivity contribution in [3.63, 3.8) is 0 Å². The fraction of sp³-hybridized carbons (Fsp3) is 0.667. The predicted molar refractivity (Wildman–Crippen MR) is 30.2 cm³/mol. The standard InChI is InChI=1S/C6H6F2O3/c7-6(8)1-4(6)3(2-9)5(10)11/h2-4H,1H2,(H,10,11). The number of carboxylic acid groups (broad SMARTS) is 1. The molecule has 62 valence electrons. The van der Waals surface area contributed by atoms with Crippen LogP contribution in [0.15, 0.2) is 0 Å². The minimum atomic E-state index is -2.94. The van der Waals surface area contributed by atoms with Crippen LogP contribution in [-0.4, -0.2) is 23.3 Å². The highest BCUT2D eigenvalue weighted by Crippen LogP contribution is 2.52. The average molecular weight is 164 g/mol. The van der Waals surface area contributed by atoms with Gasteiger partial charge in [0, 0.05) is 12.3 Å². The molecule has 5 heteroatoms. The molecular weight excluding hydrogens is 158 g/mol. The Morgan fingerprint density at radius 1 is 1.73 bits per heavy atom. The van der Waals surface area contributed by atoms with Crippen LogP contribution in [0.3, 0.4) is 0 Å². The largest absolute Gasteiger partial charge is 0.481 e. The third kappa shape index (κ3) is 1.36. The number of hydrogen-bond acceptors (Lipinski definition) is 2. The second kappa shape index (κ2) is 2.25. The van der Waals surface area contributed by atoms with Gasteiger partial charge in [-0.3, -0.25) is 4.79 Å². The van der Waals surface area contributed by atoms with Crippen molar-refractivity contribution in [1.82, 2.24) is 0 Å². The Kier molecular flexibility index (Phi) is 1.66. The van der Waals surface area contributed by atoms with Gasteiger partial charge in [-0.15, -0.1) is 0 Å². The van der Waals surface area contributed by atoms with Crippen molar-refractivity contribution in [2.24, 2.45) is 11.8 Å². The van der Waals surface area contributed by atoms with Crippen LogP contribution in [0.4, 0.5) is 8.78 Å². The van der Waals surface area contributed by atoms with Crippen molar-refractivity contribution in [2.45, 2.75) is 12.3 Å². The number of rotatable bonds is 3. The van der Waals surface area contributed by atoms with Gasteiger partial charge in [-0.25, -0.2) is 8.78 Å². The molecular formula is C6H6F2O3. The van der Waals surface area contributed by atoms with Gasteiger partial charge in [0.15, 0.2) is 0 Å². The van der Waals surface area contributed by atoms with Crippen molar-refractivity contribution < 1.29 is 23.5 Å². The zero-order valence-corrected chi connectivity index (χ0v) is 5.46. The molecule has 0 aromatic carbocycles. The van der Waals surface area contributed by atoms with Gasteiger partial charge in [0.2, 0.25) is 0 Å². The molecule has 0 bridgehead atoms. The van der Waals surface area contributed by atoms with Crippen LogP contribution in [0.25, 0.3) is 0 Å². The molecule has 0 heterocycles. The number of aliphatic carboxylic acids is 1. The summed E-state index contributed by atoms with van der Waals surface area (Å²) < 4.78 is 24.3. The fourth-order valence-corrected chi connectivity index (χ4v) is 0.949. The van der Waals surface area contributed by atoms with Gasteiger partial charge in [0.1, 0.15) is 12.2 Å². The molecule has 1 N–H and O–H groups in total. The van der Waals surface area contributed by atoms with E-state index in [9.17, 15) is 18.4 Å². The van der Waals surface area contributed by atoms with Gasteiger partial charge in [0.05, 0.1) is 0 Å². The van der Waals surface area contributed by atoms with E-state index in [-0.39, 0.29) is 6.29 Å². The van der Waals surface area contributed by atoms with Crippen LogP contribution in [-0.2, 0) is 9.59 Å². The Morgan fingerprint density at radius 3 is 2.27 bits per heavy atom. The van der Waals surface area contributed by atoms with Crippen LogP contribution in [0.1, 0.15) is 6.42 Å². The minimum Gasteiger partial charge on any atom is -0.481 e. The third-order valence-electron chi connectivity index (χ3n) is 1.74. The maximum atomic E-state index is 12.2. The van der Waals surface area contributed by atoms with E-state index in [0.717, 1.165) is 0 Å². The van der Waals surface area contributed by atoms with Gasteiger partial charge in [-0.2, -0.15) is 0 Å². The highest BCUT2D eigenvalue weighted by Gasteiger charge is 2.62. The molecule has 2 atom stereocenters. The Labute approximate surface area is 61.0 Å². The van der Waals surface area contributed by atoms with Gasteiger partial charge < -0.3 is 9.90 Å². The zero-order chi connectivity index (χ0) is 8.65. The average Bonchev–Trinajstić information content (AvgIpc) is 2.41. The van der Waals surface area contributed by atoms with E-state index >= 15 is 0 Å². The monoisotopic (exact) mass is 164 g/mol. The first-order chi connectivity index (χ1) is 4.99. The van der Waals surface area contributed by atoms with E-state index in [0.29, 0.717) is 0 Å². The number of carboxylic acids is 1. The van der Waals surface area contributed by atoms with Gasteiger partial charge in [-0.1, -0.05) is 0 Å². The van der Waals surface area contributed by atoms with E-state index in [4.69, 9.17) is 5.11 Å². The lowest BCUT2D eigenvalue weighted by Gasteiger charge is -2.00. The Morgan fingerprint density at radius 2 is 2.18 bits per heavy atom. The molecule has 1 aliphatic rings. The smallest absolute Gasteiger partial charge is 0.314 e. The van der Waals surface area contributed by atoms with E-state index in [2.05, 4.69) is 0 Å². The summed E-state index contributed by atoms with van der Waals surface area (Å²) in [7, 11) is 0. The van der Waals surface area contributed by atoms with Crippen LogP contribution in [0, 0.1) is 11.8 Å². The second-order valence-corrected chi connectivity index (χ2v) is 2.57. The maximum Gasteiger partial charge on any atom is 0.314 e. The number of aldehydes is 1. The van der Waals surface area contributed by atoms with Gasteiger partial charge in [0.25, 0.3) is 5.92 Å². The molecule has 0 aliphatic heterocycles. The SMILES string of the molecule is O=CC(C(=O)O)C1CC1(F)F. The van der Waals surface area contributed by atoms with Crippen LogP contribution in [0.5, 0.6) is 0 Å². The molecule has 0 spiro atoms. The Bertz CT molecular complexity index is 202. The summed E-state index contributed by atoms with van der Waals surface area (Å²) in [6.07, 6.45) is -0.420. The summed E-state index contributed by atoms with van der Waals surface area (Å²) in [5.41, 5.74) is 0. The molecule has 0 aromatic rings. The van der Waals surface area contributed by atoms with Crippen molar-refractivity contribution in [3.05, 3.63) is 0 Å².